The lowest BCUT2D eigenvalue weighted by molar-refractivity contribution is 0.0955. The van der Waals surface area contributed by atoms with Crippen LogP contribution in [0.4, 0.5) is 5.82 Å². The van der Waals surface area contributed by atoms with E-state index in [1.165, 1.54) is 4.68 Å². The van der Waals surface area contributed by atoms with Crippen molar-refractivity contribution in [2.75, 3.05) is 18.9 Å². The van der Waals surface area contributed by atoms with Gasteiger partial charge in [-0.25, -0.2) is 9.97 Å². The number of aromatic nitrogens is 3. The summed E-state index contributed by atoms with van der Waals surface area (Å²) < 4.78 is 6.98. The van der Waals surface area contributed by atoms with Gasteiger partial charge in [-0.05, 0) is 55.3 Å². The fraction of sp³-hybridized carbons (Fsp3) is 0.308. The number of para-hydroxylation sites is 2. The van der Waals surface area contributed by atoms with E-state index >= 15 is 0 Å². The predicted molar refractivity (Wildman–Crippen MR) is 137 cm³/mol. The van der Waals surface area contributed by atoms with Crippen LogP contribution in [0.1, 0.15) is 55.5 Å². The molecule has 176 valence electrons. The first-order valence-corrected chi connectivity index (χ1v) is 11.7. The summed E-state index contributed by atoms with van der Waals surface area (Å²) in [5.41, 5.74) is 9.88. The summed E-state index contributed by atoms with van der Waals surface area (Å²) in [6.07, 6.45) is 5.96. The third-order valence-corrected chi connectivity index (χ3v) is 5.53. The van der Waals surface area contributed by atoms with Gasteiger partial charge in [0, 0.05) is 6.54 Å². The number of rotatable bonds is 10. The Morgan fingerprint density at radius 2 is 1.79 bits per heavy atom. The van der Waals surface area contributed by atoms with Crippen molar-refractivity contribution >= 4 is 40.1 Å². The van der Waals surface area contributed by atoms with Crippen LogP contribution in [0, 0.1) is 0 Å². The fourth-order valence-electron chi connectivity index (χ4n) is 3.77. The van der Waals surface area contributed by atoms with Gasteiger partial charge in [-0.1, -0.05) is 38.3 Å². The topological polar surface area (TPSA) is 107 Å². The molecule has 0 aliphatic heterocycles. The SMILES string of the molecule is CCCCCCNC(=O)c1c(N)n(/N=C\c2ccc(OCC)cc2)c2nc3ccccc3nc12. The van der Waals surface area contributed by atoms with E-state index in [-0.39, 0.29) is 11.7 Å². The first kappa shape index (κ1) is 23.2. The first-order chi connectivity index (χ1) is 16.6. The number of anilines is 1. The highest BCUT2D eigenvalue weighted by molar-refractivity contribution is 6.10. The Kier molecular flexibility index (Phi) is 7.37. The molecule has 0 aliphatic rings. The molecular weight excluding hydrogens is 428 g/mol. The number of nitrogens with zero attached hydrogens (tertiary/aromatic N) is 4. The van der Waals surface area contributed by atoms with Crippen molar-refractivity contribution in [2.45, 2.75) is 39.5 Å². The summed E-state index contributed by atoms with van der Waals surface area (Å²) in [5.74, 6) is 0.734. The normalized spacial score (nSPS) is 11.5. The number of carbonyl (C=O) groups excluding carboxylic acids is 1. The Hall–Kier alpha value is -3.94. The molecule has 8 heteroatoms. The van der Waals surface area contributed by atoms with E-state index in [4.69, 9.17) is 20.4 Å². The van der Waals surface area contributed by atoms with Gasteiger partial charge in [0.05, 0.1) is 23.9 Å². The highest BCUT2D eigenvalue weighted by atomic mass is 16.5. The maximum absolute atomic E-state index is 13.1. The molecule has 0 bridgehead atoms. The summed E-state index contributed by atoms with van der Waals surface area (Å²) in [6.45, 7) is 5.29. The number of carbonyl (C=O) groups is 1. The molecule has 8 nitrogen and oxygen atoms in total. The summed E-state index contributed by atoms with van der Waals surface area (Å²) in [4.78, 5) is 22.5. The molecule has 0 unspecified atom stereocenters. The Morgan fingerprint density at radius 1 is 1.06 bits per heavy atom. The number of fused-ring (bicyclic) bond motifs is 2. The Morgan fingerprint density at radius 3 is 2.50 bits per heavy atom. The van der Waals surface area contributed by atoms with Crippen LogP contribution >= 0.6 is 0 Å². The summed E-state index contributed by atoms with van der Waals surface area (Å²) in [7, 11) is 0. The predicted octanol–water partition coefficient (Wildman–Crippen LogP) is 4.76. The molecule has 0 spiro atoms. The number of ether oxygens (including phenoxy) is 1. The number of nitrogens with one attached hydrogen (secondary N) is 1. The maximum atomic E-state index is 13.1. The summed E-state index contributed by atoms with van der Waals surface area (Å²) in [5, 5.41) is 7.53. The minimum Gasteiger partial charge on any atom is -0.494 e. The first-order valence-electron chi connectivity index (χ1n) is 11.7. The quantitative estimate of drug-likeness (QED) is 0.263. The monoisotopic (exact) mass is 458 g/mol. The molecule has 4 aromatic rings. The molecule has 0 saturated heterocycles. The van der Waals surface area contributed by atoms with Crippen molar-refractivity contribution in [1.29, 1.82) is 0 Å². The maximum Gasteiger partial charge on any atom is 0.257 e. The van der Waals surface area contributed by atoms with Crippen LogP contribution < -0.4 is 15.8 Å². The lowest BCUT2D eigenvalue weighted by Gasteiger charge is -2.05. The Bertz CT molecular complexity index is 1310. The van der Waals surface area contributed by atoms with Crippen molar-refractivity contribution in [3.05, 3.63) is 59.7 Å². The van der Waals surface area contributed by atoms with Crippen molar-refractivity contribution < 1.29 is 9.53 Å². The van der Waals surface area contributed by atoms with Crippen LogP contribution in [0.2, 0.25) is 0 Å². The molecule has 2 aromatic heterocycles. The van der Waals surface area contributed by atoms with Crippen LogP contribution in [-0.2, 0) is 0 Å². The van der Waals surface area contributed by atoms with E-state index in [0.29, 0.717) is 40.9 Å². The summed E-state index contributed by atoms with van der Waals surface area (Å²) >= 11 is 0. The molecule has 0 fully saturated rings. The second-order valence-corrected chi connectivity index (χ2v) is 8.02. The van der Waals surface area contributed by atoms with Gasteiger partial charge in [-0.2, -0.15) is 9.78 Å². The van der Waals surface area contributed by atoms with Gasteiger partial charge in [0.2, 0.25) is 0 Å². The van der Waals surface area contributed by atoms with E-state index in [9.17, 15) is 4.79 Å². The van der Waals surface area contributed by atoms with Crippen molar-refractivity contribution in [1.82, 2.24) is 20.0 Å². The molecular formula is C26H30N6O2. The van der Waals surface area contributed by atoms with Gasteiger partial charge in [-0.15, -0.1) is 0 Å². The van der Waals surface area contributed by atoms with Crippen LogP contribution in [0.25, 0.3) is 22.2 Å². The Balaban J connectivity index is 1.71. The number of amides is 1. The standard InChI is InChI=1S/C26H30N6O2/c1-3-5-6-9-16-28-26(33)22-23-25(31-21-11-8-7-10-20(21)30-23)32(24(22)27)29-17-18-12-14-19(15-13-18)34-4-2/h7-8,10-15,17H,3-6,9,16,27H2,1-2H3,(H,28,33)/b29-17-. The minimum absolute atomic E-state index is 0.207. The van der Waals surface area contributed by atoms with E-state index in [1.54, 1.807) is 6.21 Å². The molecule has 0 saturated carbocycles. The molecule has 3 N–H and O–H groups in total. The van der Waals surface area contributed by atoms with Crippen LogP contribution in [0.15, 0.2) is 53.6 Å². The summed E-state index contributed by atoms with van der Waals surface area (Å²) in [6, 6.07) is 15.1. The van der Waals surface area contributed by atoms with Gasteiger partial charge < -0.3 is 15.8 Å². The molecule has 4 rings (SSSR count). The lowest BCUT2D eigenvalue weighted by Crippen LogP contribution is -2.25. The number of hydrogen-bond acceptors (Lipinski definition) is 6. The van der Waals surface area contributed by atoms with Crippen molar-refractivity contribution in [2.24, 2.45) is 5.10 Å². The van der Waals surface area contributed by atoms with Gasteiger partial charge >= 0.3 is 0 Å². The molecule has 2 heterocycles. The van der Waals surface area contributed by atoms with E-state index < -0.39 is 0 Å². The average molecular weight is 459 g/mol. The number of unbranched alkanes of at least 4 members (excludes halogenated alkanes) is 3. The molecule has 0 atom stereocenters. The van der Waals surface area contributed by atoms with Crippen LogP contribution in [0.3, 0.4) is 0 Å². The number of benzene rings is 2. The third-order valence-electron chi connectivity index (χ3n) is 5.53. The highest BCUT2D eigenvalue weighted by Crippen LogP contribution is 2.28. The number of nitrogens with two attached hydrogens (primary N) is 1. The van der Waals surface area contributed by atoms with Crippen molar-refractivity contribution in [3.8, 4) is 5.75 Å². The Labute approximate surface area is 198 Å². The van der Waals surface area contributed by atoms with Crippen molar-refractivity contribution in [3.63, 3.8) is 0 Å². The highest BCUT2D eigenvalue weighted by Gasteiger charge is 2.23. The zero-order chi connectivity index (χ0) is 23.9. The molecule has 2 aromatic carbocycles. The second kappa shape index (κ2) is 10.8. The molecule has 0 aliphatic carbocycles. The molecule has 0 radical (unpaired) electrons. The third kappa shape index (κ3) is 5.01. The zero-order valence-electron chi connectivity index (χ0n) is 19.6. The van der Waals surface area contributed by atoms with Gasteiger partial charge in [0.25, 0.3) is 5.91 Å². The van der Waals surface area contributed by atoms with Crippen LogP contribution in [-0.4, -0.2) is 39.9 Å². The van der Waals surface area contributed by atoms with E-state index in [0.717, 1.165) is 37.0 Å². The second-order valence-electron chi connectivity index (χ2n) is 8.02. The molecule has 34 heavy (non-hydrogen) atoms. The molecule has 1 amide bonds. The number of nitrogen functional groups attached to an aromatic ring is 1. The van der Waals surface area contributed by atoms with Crippen LogP contribution in [0.5, 0.6) is 5.75 Å². The van der Waals surface area contributed by atoms with Gasteiger partial charge in [0.15, 0.2) is 5.65 Å². The van der Waals surface area contributed by atoms with E-state index in [2.05, 4.69) is 17.3 Å². The lowest BCUT2D eigenvalue weighted by atomic mass is 10.2. The largest absolute Gasteiger partial charge is 0.494 e. The minimum atomic E-state index is -0.265. The van der Waals surface area contributed by atoms with E-state index in [1.807, 2.05) is 55.5 Å². The fourth-order valence-corrected chi connectivity index (χ4v) is 3.77. The zero-order valence-corrected chi connectivity index (χ0v) is 19.6. The number of hydrogen-bond donors (Lipinski definition) is 2. The van der Waals surface area contributed by atoms with Gasteiger partial charge in [-0.3, -0.25) is 4.79 Å². The van der Waals surface area contributed by atoms with Gasteiger partial charge in [0.1, 0.15) is 22.6 Å². The smallest absolute Gasteiger partial charge is 0.257 e. The average Bonchev–Trinajstić information content (AvgIpc) is 3.12.